The largest absolute Gasteiger partial charge is 0.469 e. The Kier molecular flexibility index (Phi) is 4.55. The monoisotopic (exact) mass is 433 g/mol. The minimum atomic E-state index is -0.761. The lowest BCUT2D eigenvalue weighted by Crippen LogP contribution is -2.54. The molecule has 1 aromatic carbocycles. The van der Waals surface area contributed by atoms with Crippen LogP contribution in [0.2, 0.25) is 0 Å². The number of fused-ring (bicyclic) bond motifs is 6. The van der Waals surface area contributed by atoms with Crippen molar-refractivity contribution >= 4 is 46.1 Å². The van der Waals surface area contributed by atoms with Crippen LogP contribution in [0.1, 0.15) is 19.3 Å². The van der Waals surface area contributed by atoms with Crippen molar-refractivity contribution in [2.24, 2.45) is 0 Å². The number of carbonyl (C=O) groups excluding carboxylic acids is 4. The second-order valence-corrected chi connectivity index (χ2v) is 8.01. The summed E-state index contributed by atoms with van der Waals surface area (Å²) in [4.78, 5) is 62.7. The van der Waals surface area contributed by atoms with Crippen molar-refractivity contribution in [2.75, 3.05) is 18.6 Å². The first-order valence-electron chi connectivity index (χ1n) is 10.2. The van der Waals surface area contributed by atoms with E-state index in [0.29, 0.717) is 29.4 Å². The molecule has 2 aromatic rings. The number of rotatable bonds is 4. The topological polar surface area (TPSA) is 104 Å². The number of benzene rings is 1. The highest BCUT2D eigenvalue weighted by Crippen LogP contribution is 2.44. The lowest BCUT2D eigenvalue weighted by atomic mass is 10.1. The van der Waals surface area contributed by atoms with Gasteiger partial charge in [0.05, 0.1) is 25.6 Å². The lowest BCUT2D eigenvalue weighted by molar-refractivity contribution is -0.144. The van der Waals surface area contributed by atoms with Crippen molar-refractivity contribution in [2.45, 2.75) is 37.4 Å². The van der Waals surface area contributed by atoms with E-state index in [1.165, 1.54) is 13.3 Å². The van der Waals surface area contributed by atoms with Gasteiger partial charge >= 0.3 is 12.0 Å². The number of hydrogen-bond acceptors (Lipinski definition) is 6. The fourth-order valence-corrected chi connectivity index (χ4v) is 5.05. The minimum Gasteiger partial charge on any atom is -0.469 e. The van der Waals surface area contributed by atoms with Crippen LogP contribution < -0.4 is 4.90 Å². The normalized spacial score (nSPS) is 23.6. The molecule has 10 nitrogen and oxygen atoms in total. The predicted molar refractivity (Wildman–Crippen MR) is 112 cm³/mol. The number of anilines is 1. The van der Waals surface area contributed by atoms with E-state index < -0.39 is 30.0 Å². The summed E-state index contributed by atoms with van der Waals surface area (Å²) in [5, 5.41) is 1.16. The van der Waals surface area contributed by atoms with Gasteiger partial charge in [0, 0.05) is 23.7 Å². The average molecular weight is 433 g/mol. The molecule has 0 saturated carbocycles. The van der Waals surface area contributed by atoms with Crippen molar-refractivity contribution in [3.8, 4) is 0 Å². The van der Waals surface area contributed by atoms with E-state index in [1.807, 2.05) is 0 Å². The summed E-state index contributed by atoms with van der Waals surface area (Å²) in [5.74, 6) is -0.901. The maximum Gasteiger partial charge on any atom is 0.332 e. The number of aromatic nitrogens is 1. The molecule has 4 amide bonds. The van der Waals surface area contributed by atoms with E-state index in [2.05, 4.69) is 14.6 Å². The SMILES string of the molecule is [C-]#[N+]c1ncc(N2C(=O)[C@H]3[C@H]4CC(CN4C(=O)CCC(=O)OC)N3C2=O)c2ccccc12. The molecule has 0 aliphatic carbocycles. The van der Waals surface area contributed by atoms with Gasteiger partial charge in [-0.05, 0) is 6.42 Å². The molecule has 0 radical (unpaired) electrons. The highest BCUT2D eigenvalue weighted by atomic mass is 16.5. The standard InChI is InChI=1S/C22H19N5O5/c1-23-20-14-6-4-3-5-13(14)16(10-24-20)27-21(30)19-15-9-12(26(19)22(27)31)11-25(15)17(28)7-8-18(29)32-2/h3-6,10,12,15,19H,7-9,11H2,2H3/t12?,15-,19-/m1/s1. The van der Waals surface area contributed by atoms with Gasteiger partial charge in [0.1, 0.15) is 17.9 Å². The van der Waals surface area contributed by atoms with Gasteiger partial charge in [0.15, 0.2) is 0 Å². The summed E-state index contributed by atoms with van der Waals surface area (Å²) in [6, 6.07) is 5.16. The van der Waals surface area contributed by atoms with Crippen LogP contribution >= 0.6 is 0 Å². The summed E-state index contributed by atoms with van der Waals surface area (Å²) < 4.78 is 4.59. The van der Waals surface area contributed by atoms with Crippen LogP contribution in [0.4, 0.5) is 16.3 Å². The number of nitrogens with zero attached hydrogens (tertiary/aromatic N) is 5. The number of hydrogen-bond donors (Lipinski definition) is 0. The molecule has 3 atom stereocenters. The molecule has 5 rings (SSSR count). The highest BCUT2D eigenvalue weighted by molar-refractivity contribution is 6.25. The fraction of sp³-hybridized carbons (Fsp3) is 0.364. The van der Waals surface area contributed by atoms with Crippen molar-refractivity contribution < 1.29 is 23.9 Å². The Morgan fingerprint density at radius 3 is 2.69 bits per heavy atom. The van der Waals surface area contributed by atoms with Gasteiger partial charge in [0.25, 0.3) is 11.7 Å². The molecule has 1 unspecified atom stereocenters. The molecule has 3 aliphatic rings. The van der Waals surface area contributed by atoms with Gasteiger partial charge < -0.3 is 19.4 Å². The predicted octanol–water partition coefficient (Wildman–Crippen LogP) is 1.86. The summed E-state index contributed by atoms with van der Waals surface area (Å²) in [5.41, 5.74) is 0.334. The number of urea groups is 1. The van der Waals surface area contributed by atoms with Crippen molar-refractivity contribution in [1.82, 2.24) is 14.8 Å². The van der Waals surface area contributed by atoms with Crippen molar-refractivity contribution in [1.29, 1.82) is 0 Å². The minimum absolute atomic E-state index is 0.00110. The van der Waals surface area contributed by atoms with Gasteiger partial charge in [-0.25, -0.2) is 9.69 Å². The molecule has 10 heteroatoms. The fourth-order valence-electron chi connectivity index (χ4n) is 5.05. The molecule has 2 bridgehead atoms. The second-order valence-electron chi connectivity index (χ2n) is 8.01. The number of carbonyl (C=O) groups is 4. The van der Waals surface area contributed by atoms with Crippen molar-refractivity contribution in [3.05, 3.63) is 41.9 Å². The Labute approximate surface area is 183 Å². The van der Waals surface area contributed by atoms with Crippen LogP contribution in [0.5, 0.6) is 0 Å². The summed E-state index contributed by atoms with van der Waals surface area (Å²) >= 11 is 0. The van der Waals surface area contributed by atoms with Crippen LogP contribution in [0.15, 0.2) is 30.5 Å². The molecular weight excluding hydrogens is 414 g/mol. The number of esters is 1. The molecule has 1 aromatic heterocycles. The number of methoxy groups -OCH3 is 1. The summed E-state index contributed by atoms with van der Waals surface area (Å²) in [6.45, 7) is 7.66. The van der Waals surface area contributed by atoms with E-state index in [4.69, 9.17) is 6.57 Å². The van der Waals surface area contributed by atoms with Crippen LogP contribution in [0.3, 0.4) is 0 Å². The van der Waals surface area contributed by atoms with Crippen LogP contribution in [0, 0.1) is 6.57 Å². The molecule has 4 heterocycles. The molecule has 32 heavy (non-hydrogen) atoms. The van der Waals surface area contributed by atoms with E-state index in [-0.39, 0.29) is 30.6 Å². The first-order chi connectivity index (χ1) is 15.5. The highest BCUT2D eigenvalue weighted by Gasteiger charge is 2.63. The number of piperazine rings is 1. The Bertz CT molecular complexity index is 1220. The van der Waals surface area contributed by atoms with Crippen LogP contribution in [-0.4, -0.2) is 70.4 Å². The third-order valence-electron chi connectivity index (χ3n) is 6.46. The maximum atomic E-state index is 13.4. The van der Waals surface area contributed by atoms with Gasteiger partial charge in [0.2, 0.25) is 5.91 Å². The summed E-state index contributed by atoms with van der Waals surface area (Å²) in [6.07, 6.45) is 1.90. The molecule has 162 valence electrons. The quantitative estimate of drug-likeness (QED) is 0.414. The summed E-state index contributed by atoms with van der Waals surface area (Å²) in [7, 11) is 1.27. The zero-order chi connectivity index (χ0) is 22.6. The van der Waals surface area contributed by atoms with Crippen molar-refractivity contribution in [3.63, 3.8) is 0 Å². The Hall–Kier alpha value is -4.00. The molecule has 3 aliphatic heterocycles. The third-order valence-corrected chi connectivity index (χ3v) is 6.46. The van der Waals surface area contributed by atoms with Gasteiger partial charge in [-0.15, -0.1) is 4.98 Å². The molecular formula is C22H19N5O5. The smallest absolute Gasteiger partial charge is 0.332 e. The number of ether oxygens (including phenoxy) is 1. The number of pyridine rings is 1. The van der Waals surface area contributed by atoms with E-state index in [0.717, 1.165) is 4.90 Å². The lowest BCUT2D eigenvalue weighted by Gasteiger charge is -2.34. The Morgan fingerprint density at radius 1 is 1.22 bits per heavy atom. The number of likely N-dealkylation sites (tertiary alicyclic amines) is 1. The number of imide groups is 1. The molecule has 0 N–H and O–H groups in total. The van der Waals surface area contributed by atoms with E-state index in [1.54, 1.807) is 34.1 Å². The van der Waals surface area contributed by atoms with E-state index >= 15 is 0 Å². The number of amides is 4. The van der Waals surface area contributed by atoms with Gasteiger partial charge in [-0.1, -0.05) is 30.8 Å². The van der Waals surface area contributed by atoms with Gasteiger partial charge in [-0.2, -0.15) is 0 Å². The Morgan fingerprint density at radius 2 is 1.97 bits per heavy atom. The first-order valence-corrected chi connectivity index (χ1v) is 10.2. The van der Waals surface area contributed by atoms with Crippen LogP contribution in [-0.2, 0) is 19.1 Å². The van der Waals surface area contributed by atoms with E-state index in [9.17, 15) is 19.2 Å². The average Bonchev–Trinajstić information content (AvgIpc) is 3.48. The first kappa shape index (κ1) is 19.9. The molecule has 0 spiro atoms. The Balaban J connectivity index is 1.45. The maximum absolute atomic E-state index is 13.4. The second kappa shape index (κ2) is 7.30. The zero-order valence-corrected chi connectivity index (χ0v) is 17.2. The van der Waals surface area contributed by atoms with Gasteiger partial charge in [-0.3, -0.25) is 14.4 Å². The molecule has 3 saturated heterocycles. The van der Waals surface area contributed by atoms with Crippen LogP contribution in [0.25, 0.3) is 15.6 Å². The third kappa shape index (κ3) is 2.74. The molecule has 3 fully saturated rings. The zero-order valence-electron chi connectivity index (χ0n) is 17.2.